The van der Waals surface area contributed by atoms with Crippen LogP contribution in [0, 0.1) is 13.8 Å². The summed E-state index contributed by atoms with van der Waals surface area (Å²) in [6.45, 7) is 2.84. The normalized spacial score (nSPS) is 13.8. The Labute approximate surface area is 273 Å². The fraction of sp³-hybridized carbons (Fsp3) is 0.235. The van der Waals surface area contributed by atoms with Crippen molar-refractivity contribution in [1.29, 1.82) is 0 Å². The number of nitrogens with zero attached hydrogens (tertiary/aromatic N) is 2. The zero-order chi connectivity index (χ0) is 36.7. The second kappa shape index (κ2) is 11.3. The number of fused-ring (bicyclic) bond motifs is 2. The SMILES string of the molecule is Cc1ccc(C(c2ccc(-c3nc4cc(C(c5ccc6oc(C)nc6c5)(C(F)(F)F)C(F)(F)F)ccc4o3)cc2)(C(F)(F)F)C(F)(F)F)cc1. The van der Waals surface area contributed by atoms with Crippen LogP contribution in [0.15, 0.2) is 93.8 Å². The molecule has 4 aromatic carbocycles. The Hall–Kier alpha value is -5.02. The van der Waals surface area contributed by atoms with Crippen LogP contribution < -0.4 is 0 Å². The molecule has 0 aliphatic rings. The number of hydrogen-bond acceptors (Lipinski definition) is 4. The van der Waals surface area contributed by atoms with Crippen LogP contribution in [0.5, 0.6) is 0 Å². The van der Waals surface area contributed by atoms with Gasteiger partial charge in [0.25, 0.3) is 0 Å². The van der Waals surface area contributed by atoms with E-state index >= 15 is 0 Å². The molecule has 2 heterocycles. The third kappa shape index (κ3) is 5.18. The van der Waals surface area contributed by atoms with Gasteiger partial charge in [-0.25, -0.2) is 9.97 Å². The Morgan fingerprint density at radius 3 is 1.28 bits per heavy atom. The molecule has 0 unspecified atom stereocenters. The molecule has 0 atom stereocenters. The van der Waals surface area contributed by atoms with E-state index in [0.717, 1.165) is 48.5 Å². The first-order chi connectivity index (χ1) is 23.1. The van der Waals surface area contributed by atoms with Crippen LogP contribution in [0.25, 0.3) is 33.7 Å². The van der Waals surface area contributed by atoms with Gasteiger partial charge in [-0.2, -0.15) is 52.7 Å². The van der Waals surface area contributed by atoms with Gasteiger partial charge < -0.3 is 8.83 Å². The van der Waals surface area contributed by atoms with E-state index in [0.29, 0.717) is 42.0 Å². The number of oxazole rings is 2. The minimum Gasteiger partial charge on any atom is -0.441 e. The molecular formula is C34H20F12N2O2. The van der Waals surface area contributed by atoms with Crippen molar-refractivity contribution in [2.75, 3.05) is 0 Å². The van der Waals surface area contributed by atoms with Gasteiger partial charge in [0.1, 0.15) is 11.0 Å². The number of hydrogen-bond donors (Lipinski definition) is 0. The van der Waals surface area contributed by atoms with Crippen molar-refractivity contribution in [1.82, 2.24) is 9.97 Å². The summed E-state index contributed by atoms with van der Waals surface area (Å²) in [5.74, 6) is -0.489. The maximum absolute atomic E-state index is 14.8. The largest absolute Gasteiger partial charge is 0.441 e. The Morgan fingerprint density at radius 2 is 0.820 bits per heavy atom. The molecule has 6 aromatic rings. The highest BCUT2D eigenvalue weighted by Gasteiger charge is 2.73. The van der Waals surface area contributed by atoms with Crippen molar-refractivity contribution in [3.05, 3.63) is 119 Å². The number of aromatic nitrogens is 2. The van der Waals surface area contributed by atoms with Crippen LogP contribution in [-0.2, 0) is 10.8 Å². The van der Waals surface area contributed by atoms with Crippen molar-refractivity contribution in [3.63, 3.8) is 0 Å². The highest BCUT2D eigenvalue weighted by Crippen LogP contribution is 2.58. The lowest BCUT2D eigenvalue weighted by atomic mass is 9.72. The lowest BCUT2D eigenvalue weighted by Gasteiger charge is -2.38. The first-order valence-electron chi connectivity index (χ1n) is 14.3. The molecule has 0 spiro atoms. The molecule has 16 heteroatoms. The van der Waals surface area contributed by atoms with Gasteiger partial charge in [-0.3, -0.25) is 0 Å². The van der Waals surface area contributed by atoms with E-state index in [1.807, 2.05) is 0 Å². The average Bonchev–Trinajstić information content (AvgIpc) is 3.58. The van der Waals surface area contributed by atoms with Crippen molar-refractivity contribution >= 4 is 22.2 Å². The van der Waals surface area contributed by atoms with E-state index in [-0.39, 0.29) is 28.1 Å². The minimum absolute atomic E-state index is 0.00370. The van der Waals surface area contributed by atoms with Crippen LogP contribution in [-0.4, -0.2) is 34.7 Å². The summed E-state index contributed by atoms with van der Waals surface area (Å²) in [4.78, 5) is 7.80. The molecule has 4 nitrogen and oxygen atoms in total. The van der Waals surface area contributed by atoms with Gasteiger partial charge in [-0.15, -0.1) is 0 Å². The first-order valence-corrected chi connectivity index (χ1v) is 14.3. The Morgan fingerprint density at radius 1 is 0.440 bits per heavy atom. The highest BCUT2D eigenvalue weighted by molar-refractivity contribution is 5.79. The third-order valence-electron chi connectivity index (χ3n) is 8.50. The van der Waals surface area contributed by atoms with Gasteiger partial charge in [0.05, 0.1) is 0 Å². The summed E-state index contributed by atoms with van der Waals surface area (Å²) >= 11 is 0. The van der Waals surface area contributed by atoms with Gasteiger partial charge in [0, 0.05) is 12.5 Å². The molecule has 0 bridgehead atoms. The Kier molecular flexibility index (Phi) is 7.84. The van der Waals surface area contributed by atoms with Crippen molar-refractivity contribution < 1.29 is 61.5 Å². The predicted molar refractivity (Wildman–Crippen MR) is 155 cm³/mol. The van der Waals surface area contributed by atoms with Crippen LogP contribution in [0.2, 0.25) is 0 Å². The standard InChI is InChI=1S/C34H20F12N2O2/c1-17-3-7-20(8-4-17)29(31(35,36)37,32(38,39)40)21-9-5-19(6-10-21)28-48-25-16-23(12-14-27(25)50-28)30(33(41,42)43,34(44,45)46)22-11-13-26-24(15-22)47-18(2)49-26/h3-16H,1-2H3. The molecular weight excluding hydrogens is 696 g/mol. The van der Waals surface area contributed by atoms with Gasteiger partial charge >= 0.3 is 24.7 Å². The van der Waals surface area contributed by atoms with Crippen molar-refractivity contribution in [3.8, 4) is 11.5 Å². The van der Waals surface area contributed by atoms with E-state index in [9.17, 15) is 52.7 Å². The smallest absolute Gasteiger partial charge is 0.411 e. The van der Waals surface area contributed by atoms with E-state index < -0.39 is 69.2 Å². The molecule has 0 amide bonds. The third-order valence-corrected chi connectivity index (χ3v) is 8.50. The number of alkyl halides is 12. The predicted octanol–water partition coefficient (Wildman–Crippen LogP) is 11.1. The first kappa shape index (κ1) is 34.8. The molecule has 0 N–H and O–H groups in total. The number of rotatable bonds is 5. The van der Waals surface area contributed by atoms with E-state index in [1.54, 1.807) is 0 Å². The molecule has 0 fully saturated rings. The number of benzene rings is 4. The second-order valence-electron chi connectivity index (χ2n) is 11.6. The zero-order valence-electron chi connectivity index (χ0n) is 25.3. The maximum atomic E-state index is 14.8. The van der Waals surface area contributed by atoms with Gasteiger partial charge in [-0.05, 0) is 65.6 Å². The molecule has 50 heavy (non-hydrogen) atoms. The molecule has 6 rings (SSSR count). The Bertz CT molecular complexity index is 2160. The summed E-state index contributed by atoms with van der Waals surface area (Å²) < 4.78 is 186. The summed E-state index contributed by atoms with van der Waals surface area (Å²) in [6.07, 6.45) is -23.7. The average molecular weight is 717 g/mol. The van der Waals surface area contributed by atoms with Crippen LogP contribution >= 0.6 is 0 Å². The molecule has 0 aliphatic heterocycles. The number of aryl methyl sites for hydroxylation is 2. The summed E-state index contributed by atoms with van der Waals surface area (Å²) in [6, 6.07) is 10.4. The van der Waals surface area contributed by atoms with E-state index in [2.05, 4.69) is 9.97 Å². The molecule has 0 saturated carbocycles. The quantitative estimate of drug-likeness (QED) is 0.167. The highest BCUT2D eigenvalue weighted by atomic mass is 19.4. The van der Waals surface area contributed by atoms with Gasteiger partial charge in [0.2, 0.25) is 16.7 Å². The fourth-order valence-corrected chi connectivity index (χ4v) is 6.19. The lowest BCUT2D eigenvalue weighted by molar-refractivity contribution is -0.290. The summed E-state index contributed by atoms with van der Waals surface area (Å²) in [5.41, 5.74) is -14.8. The lowest BCUT2D eigenvalue weighted by Crippen LogP contribution is -2.54. The molecule has 0 radical (unpaired) electrons. The number of halogens is 12. The molecule has 262 valence electrons. The van der Waals surface area contributed by atoms with Crippen LogP contribution in [0.1, 0.15) is 33.7 Å². The maximum Gasteiger partial charge on any atom is 0.411 e. The molecule has 2 aromatic heterocycles. The minimum atomic E-state index is -5.96. The summed E-state index contributed by atoms with van der Waals surface area (Å²) in [5, 5.41) is 0. The van der Waals surface area contributed by atoms with Gasteiger partial charge in [0.15, 0.2) is 17.1 Å². The van der Waals surface area contributed by atoms with Crippen molar-refractivity contribution in [2.45, 2.75) is 49.4 Å². The fourth-order valence-electron chi connectivity index (χ4n) is 6.19. The topological polar surface area (TPSA) is 52.1 Å². The van der Waals surface area contributed by atoms with Crippen LogP contribution in [0.3, 0.4) is 0 Å². The monoisotopic (exact) mass is 716 g/mol. The van der Waals surface area contributed by atoms with Gasteiger partial charge in [-0.1, -0.05) is 54.1 Å². The summed E-state index contributed by atoms with van der Waals surface area (Å²) in [7, 11) is 0. The van der Waals surface area contributed by atoms with Crippen molar-refractivity contribution in [2.24, 2.45) is 0 Å². The zero-order valence-corrected chi connectivity index (χ0v) is 25.3. The Balaban J connectivity index is 1.48. The van der Waals surface area contributed by atoms with Crippen LogP contribution in [0.4, 0.5) is 52.7 Å². The molecule has 0 saturated heterocycles. The van der Waals surface area contributed by atoms with E-state index in [4.69, 9.17) is 8.83 Å². The van der Waals surface area contributed by atoms with E-state index in [1.165, 1.54) is 13.8 Å². The second-order valence-corrected chi connectivity index (χ2v) is 11.6. The molecule has 0 aliphatic carbocycles.